The van der Waals surface area contributed by atoms with Crippen LogP contribution in [0.4, 0.5) is 4.39 Å². The van der Waals surface area contributed by atoms with Crippen LogP contribution >= 0.6 is 11.8 Å². The molecule has 0 aliphatic carbocycles. The lowest BCUT2D eigenvalue weighted by Crippen LogP contribution is -1.87. The maximum absolute atomic E-state index is 13.2. The molecule has 0 aliphatic rings. The van der Waals surface area contributed by atoms with Gasteiger partial charge in [-0.1, -0.05) is 11.8 Å². The van der Waals surface area contributed by atoms with Gasteiger partial charge in [-0.15, -0.1) is 0 Å². The second kappa shape index (κ2) is 5.05. The molecule has 0 atom stereocenters. The molecule has 0 aliphatic heterocycles. The first-order chi connectivity index (χ1) is 7.78. The monoisotopic (exact) mass is 236 g/mol. The standard InChI is InChI=1S/C11H9FN2OS/c12-9-3-8(6-15)4-10(5-9)16-11-1-2-13-7-14-11/h1-5,7,15H,6H2. The van der Waals surface area contributed by atoms with Crippen LogP contribution in [0.25, 0.3) is 0 Å². The summed E-state index contributed by atoms with van der Waals surface area (Å²) in [7, 11) is 0. The predicted molar refractivity (Wildman–Crippen MR) is 58.5 cm³/mol. The zero-order valence-corrected chi connectivity index (χ0v) is 9.12. The maximum Gasteiger partial charge on any atom is 0.124 e. The van der Waals surface area contributed by atoms with Gasteiger partial charge in [0.05, 0.1) is 6.61 Å². The van der Waals surface area contributed by atoms with Crippen LogP contribution in [0.3, 0.4) is 0 Å². The van der Waals surface area contributed by atoms with E-state index in [1.54, 1.807) is 18.3 Å². The number of hydrogen-bond acceptors (Lipinski definition) is 4. The summed E-state index contributed by atoms with van der Waals surface area (Å²) in [6.07, 6.45) is 3.07. The van der Waals surface area contributed by atoms with Gasteiger partial charge in [0.2, 0.25) is 0 Å². The van der Waals surface area contributed by atoms with Gasteiger partial charge in [0.15, 0.2) is 0 Å². The molecular formula is C11H9FN2OS. The van der Waals surface area contributed by atoms with Crippen molar-refractivity contribution >= 4 is 11.8 Å². The lowest BCUT2D eigenvalue weighted by molar-refractivity contribution is 0.281. The van der Waals surface area contributed by atoms with E-state index in [0.717, 1.165) is 5.03 Å². The zero-order chi connectivity index (χ0) is 11.4. The summed E-state index contributed by atoms with van der Waals surface area (Å²) in [5.41, 5.74) is 0.552. The Morgan fingerprint density at radius 3 is 2.88 bits per heavy atom. The SMILES string of the molecule is OCc1cc(F)cc(Sc2ccncn2)c1. The van der Waals surface area contributed by atoms with Gasteiger partial charge in [-0.25, -0.2) is 14.4 Å². The summed E-state index contributed by atoms with van der Waals surface area (Å²) in [4.78, 5) is 8.54. The van der Waals surface area contributed by atoms with Crippen molar-refractivity contribution in [3.63, 3.8) is 0 Å². The highest BCUT2D eigenvalue weighted by atomic mass is 32.2. The largest absolute Gasteiger partial charge is 0.392 e. The van der Waals surface area contributed by atoms with Crippen molar-refractivity contribution in [3.8, 4) is 0 Å². The first-order valence-electron chi connectivity index (χ1n) is 4.62. The number of aromatic nitrogens is 2. The van der Waals surface area contributed by atoms with Crippen molar-refractivity contribution in [3.05, 3.63) is 48.2 Å². The second-order valence-corrected chi connectivity index (χ2v) is 4.20. The Morgan fingerprint density at radius 2 is 2.19 bits per heavy atom. The molecule has 82 valence electrons. The number of aliphatic hydroxyl groups excluding tert-OH is 1. The minimum Gasteiger partial charge on any atom is -0.392 e. The number of nitrogens with zero attached hydrogens (tertiary/aromatic N) is 2. The summed E-state index contributed by atoms with van der Waals surface area (Å²) in [6, 6.07) is 6.19. The minimum absolute atomic E-state index is 0.172. The molecule has 5 heteroatoms. The smallest absolute Gasteiger partial charge is 0.124 e. The van der Waals surface area contributed by atoms with Crippen LogP contribution in [-0.4, -0.2) is 15.1 Å². The van der Waals surface area contributed by atoms with Crippen molar-refractivity contribution in [1.82, 2.24) is 9.97 Å². The van der Waals surface area contributed by atoms with Crippen molar-refractivity contribution in [1.29, 1.82) is 0 Å². The van der Waals surface area contributed by atoms with E-state index in [1.165, 1.54) is 30.2 Å². The molecule has 0 saturated carbocycles. The second-order valence-electron chi connectivity index (χ2n) is 3.10. The Balaban J connectivity index is 2.24. The van der Waals surface area contributed by atoms with Crippen LogP contribution in [0.1, 0.15) is 5.56 Å². The predicted octanol–water partition coefficient (Wildman–Crippen LogP) is 2.26. The number of halogens is 1. The molecule has 1 aromatic heterocycles. The van der Waals surface area contributed by atoms with Crippen LogP contribution in [0.5, 0.6) is 0 Å². The highest BCUT2D eigenvalue weighted by Gasteiger charge is 2.03. The fraction of sp³-hybridized carbons (Fsp3) is 0.0909. The van der Waals surface area contributed by atoms with Gasteiger partial charge in [-0.2, -0.15) is 0 Å². The van der Waals surface area contributed by atoms with Gasteiger partial charge in [-0.05, 0) is 29.8 Å². The molecule has 3 nitrogen and oxygen atoms in total. The minimum atomic E-state index is -0.358. The highest BCUT2D eigenvalue weighted by Crippen LogP contribution is 2.26. The van der Waals surface area contributed by atoms with E-state index >= 15 is 0 Å². The van der Waals surface area contributed by atoms with Gasteiger partial charge < -0.3 is 5.11 Å². The lowest BCUT2D eigenvalue weighted by atomic mass is 10.2. The summed E-state index contributed by atoms with van der Waals surface area (Å²) in [6.45, 7) is -0.172. The van der Waals surface area contributed by atoms with E-state index in [-0.39, 0.29) is 12.4 Å². The molecule has 16 heavy (non-hydrogen) atoms. The Kier molecular flexibility index (Phi) is 3.48. The van der Waals surface area contributed by atoms with E-state index in [2.05, 4.69) is 9.97 Å². The van der Waals surface area contributed by atoms with Crippen LogP contribution in [0.2, 0.25) is 0 Å². The zero-order valence-electron chi connectivity index (χ0n) is 8.30. The van der Waals surface area contributed by atoms with E-state index in [4.69, 9.17) is 5.11 Å². The summed E-state index contributed by atoms with van der Waals surface area (Å²) in [5.74, 6) is -0.358. The normalized spacial score (nSPS) is 10.4. The number of benzene rings is 1. The van der Waals surface area contributed by atoms with E-state index in [9.17, 15) is 4.39 Å². The molecule has 0 amide bonds. The fourth-order valence-electron chi connectivity index (χ4n) is 1.23. The molecule has 0 bridgehead atoms. The summed E-state index contributed by atoms with van der Waals surface area (Å²) in [5, 5.41) is 9.69. The Labute approximate surface area is 96.4 Å². The number of rotatable bonds is 3. The van der Waals surface area contributed by atoms with Crippen molar-refractivity contribution < 1.29 is 9.50 Å². The molecule has 0 unspecified atom stereocenters. The van der Waals surface area contributed by atoms with E-state index in [1.807, 2.05) is 0 Å². The summed E-state index contributed by atoms with van der Waals surface area (Å²) >= 11 is 1.33. The summed E-state index contributed by atoms with van der Waals surface area (Å²) < 4.78 is 13.2. The van der Waals surface area contributed by atoms with Crippen LogP contribution < -0.4 is 0 Å². The lowest BCUT2D eigenvalue weighted by Gasteiger charge is -2.03. The van der Waals surface area contributed by atoms with Crippen molar-refractivity contribution in [2.75, 3.05) is 0 Å². The Bertz CT molecular complexity index is 479. The topological polar surface area (TPSA) is 46.0 Å². The van der Waals surface area contributed by atoms with Crippen LogP contribution in [0, 0.1) is 5.82 Å². The molecule has 0 spiro atoms. The van der Waals surface area contributed by atoms with Gasteiger partial charge in [0, 0.05) is 11.1 Å². The quantitative estimate of drug-likeness (QED) is 0.830. The molecule has 0 saturated heterocycles. The third-order valence-corrected chi connectivity index (χ3v) is 2.81. The maximum atomic E-state index is 13.2. The third kappa shape index (κ3) is 2.77. The molecule has 1 N–H and O–H groups in total. The van der Waals surface area contributed by atoms with Gasteiger partial charge in [0.25, 0.3) is 0 Å². The van der Waals surface area contributed by atoms with Crippen LogP contribution in [0.15, 0.2) is 46.7 Å². The van der Waals surface area contributed by atoms with Crippen LogP contribution in [-0.2, 0) is 6.61 Å². The Morgan fingerprint density at radius 1 is 1.31 bits per heavy atom. The molecule has 2 aromatic rings. The molecule has 1 aromatic carbocycles. The van der Waals surface area contributed by atoms with Gasteiger partial charge in [0.1, 0.15) is 17.2 Å². The van der Waals surface area contributed by atoms with Gasteiger partial charge >= 0.3 is 0 Å². The fourth-order valence-corrected chi connectivity index (χ4v) is 2.08. The highest BCUT2D eigenvalue weighted by molar-refractivity contribution is 7.99. The molecule has 2 rings (SSSR count). The first-order valence-corrected chi connectivity index (χ1v) is 5.44. The molecule has 1 heterocycles. The van der Waals surface area contributed by atoms with Gasteiger partial charge in [-0.3, -0.25) is 0 Å². The Hall–Kier alpha value is -1.46. The van der Waals surface area contributed by atoms with E-state index < -0.39 is 0 Å². The van der Waals surface area contributed by atoms with E-state index in [0.29, 0.717) is 10.5 Å². The molecule has 0 radical (unpaired) electrons. The average molecular weight is 236 g/mol. The number of aliphatic hydroxyl groups is 1. The first kappa shape index (κ1) is 11.0. The third-order valence-electron chi connectivity index (χ3n) is 1.89. The van der Waals surface area contributed by atoms with Crippen molar-refractivity contribution in [2.45, 2.75) is 16.5 Å². The molecular weight excluding hydrogens is 227 g/mol. The molecule has 0 fully saturated rings. The number of hydrogen-bond donors (Lipinski definition) is 1. The average Bonchev–Trinajstić information content (AvgIpc) is 2.29. The van der Waals surface area contributed by atoms with Crippen molar-refractivity contribution in [2.24, 2.45) is 0 Å².